The summed E-state index contributed by atoms with van der Waals surface area (Å²) in [7, 11) is 0. The molecule has 0 N–H and O–H groups in total. The van der Waals surface area contributed by atoms with E-state index in [1.165, 1.54) is 55.8 Å². The molecular formula is C20H16S2. The van der Waals surface area contributed by atoms with Gasteiger partial charge in [-0.25, -0.2) is 0 Å². The minimum Gasteiger partial charge on any atom is -0.143 e. The van der Waals surface area contributed by atoms with E-state index in [9.17, 15) is 0 Å². The Morgan fingerprint density at radius 2 is 1.23 bits per heavy atom. The van der Waals surface area contributed by atoms with Gasteiger partial charge in [-0.05, 0) is 67.9 Å². The molecule has 0 atom stereocenters. The van der Waals surface area contributed by atoms with Gasteiger partial charge in [0.25, 0.3) is 0 Å². The van der Waals surface area contributed by atoms with Crippen LogP contribution in [0.3, 0.4) is 0 Å². The maximum absolute atomic E-state index is 2.42. The van der Waals surface area contributed by atoms with Gasteiger partial charge in [-0.1, -0.05) is 42.5 Å². The van der Waals surface area contributed by atoms with Crippen LogP contribution in [0.2, 0.25) is 0 Å². The normalized spacial score (nSPS) is 16.9. The molecule has 0 spiro atoms. The van der Waals surface area contributed by atoms with Crippen LogP contribution in [-0.4, -0.2) is 11.5 Å². The maximum Gasteiger partial charge on any atom is 0.0751 e. The van der Waals surface area contributed by atoms with Gasteiger partial charge in [-0.15, -0.1) is 23.5 Å². The molecule has 1 aliphatic rings. The molecule has 5 rings (SSSR count). The number of thioether (sulfide) groups is 2. The smallest absolute Gasteiger partial charge is 0.0751 e. The summed E-state index contributed by atoms with van der Waals surface area (Å²) in [4.78, 5) is 0. The van der Waals surface area contributed by atoms with E-state index in [0.717, 1.165) is 0 Å². The lowest BCUT2D eigenvalue weighted by molar-refractivity contribution is 1.10. The zero-order valence-corrected chi connectivity index (χ0v) is 13.8. The highest BCUT2D eigenvalue weighted by Gasteiger charge is 2.18. The molecule has 1 heterocycles. The van der Waals surface area contributed by atoms with Gasteiger partial charge in [-0.3, -0.25) is 0 Å². The van der Waals surface area contributed by atoms with Gasteiger partial charge in [0.05, 0.1) is 4.58 Å². The summed E-state index contributed by atoms with van der Waals surface area (Å²) >= 11 is 4.20. The topological polar surface area (TPSA) is 0 Å². The molecule has 4 aromatic carbocycles. The lowest BCUT2D eigenvalue weighted by Crippen LogP contribution is -2.00. The van der Waals surface area contributed by atoms with Crippen LogP contribution in [0.4, 0.5) is 0 Å². The minimum atomic E-state index is 0.607. The Bertz CT molecular complexity index is 904. The molecule has 0 unspecified atom stereocenters. The van der Waals surface area contributed by atoms with E-state index in [0.29, 0.717) is 4.58 Å². The molecule has 0 aliphatic carbocycles. The highest BCUT2D eigenvalue weighted by molar-refractivity contribution is 8.16. The first-order valence-corrected chi connectivity index (χ1v) is 9.91. The average molecular weight is 320 g/mol. The summed E-state index contributed by atoms with van der Waals surface area (Å²) in [5, 5.41) is 8.35. The summed E-state index contributed by atoms with van der Waals surface area (Å²) in [6.07, 6.45) is 1.35. The summed E-state index contributed by atoms with van der Waals surface area (Å²) in [5.41, 5.74) is 1.49. The van der Waals surface area contributed by atoms with Crippen LogP contribution in [0.25, 0.3) is 32.3 Å². The molecule has 0 nitrogen and oxygen atoms in total. The molecule has 22 heavy (non-hydrogen) atoms. The fourth-order valence-corrected chi connectivity index (χ4v) is 6.45. The Morgan fingerprint density at radius 3 is 1.86 bits per heavy atom. The predicted octanol–water partition coefficient (Wildman–Crippen LogP) is 6.45. The number of benzene rings is 4. The Balaban J connectivity index is 1.82. The SMILES string of the molecule is c1cc2ccc3cc(C4SCCCS4)cc4ccc(c1)c2c34. The highest BCUT2D eigenvalue weighted by atomic mass is 32.2. The van der Waals surface area contributed by atoms with Crippen LogP contribution in [0.5, 0.6) is 0 Å². The summed E-state index contributed by atoms with van der Waals surface area (Å²) in [6, 6.07) is 20.6. The molecule has 1 saturated heterocycles. The first kappa shape index (κ1) is 13.1. The molecule has 2 heteroatoms. The third-order valence-electron chi connectivity index (χ3n) is 4.58. The van der Waals surface area contributed by atoms with Crippen molar-refractivity contribution in [3.05, 3.63) is 60.2 Å². The van der Waals surface area contributed by atoms with Gasteiger partial charge < -0.3 is 0 Å². The Kier molecular flexibility index (Phi) is 3.02. The van der Waals surface area contributed by atoms with E-state index in [1.807, 2.05) is 0 Å². The Labute approximate surface area is 138 Å². The van der Waals surface area contributed by atoms with Gasteiger partial charge in [0, 0.05) is 0 Å². The van der Waals surface area contributed by atoms with E-state index >= 15 is 0 Å². The van der Waals surface area contributed by atoms with Gasteiger partial charge in [0.1, 0.15) is 0 Å². The van der Waals surface area contributed by atoms with Crippen molar-refractivity contribution in [3.63, 3.8) is 0 Å². The van der Waals surface area contributed by atoms with Crippen molar-refractivity contribution in [1.29, 1.82) is 0 Å². The molecule has 108 valence electrons. The van der Waals surface area contributed by atoms with E-state index in [1.54, 1.807) is 0 Å². The molecular weight excluding hydrogens is 304 g/mol. The van der Waals surface area contributed by atoms with E-state index in [-0.39, 0.29) is 0 Å². The molecule has 4 aromatic rings. The van der Waals surface area contributed by atoms with Gasteiger partial charge in [0.2, 0.25) is 0 Å². The first-order valence-electron chi connectivity index (χ1n) is 7.81. The third-order valence-corrected chi connectivity index (χ3v) is 7.60. The molecule has 0 amide bonds. The second-order valence-electron chi connectivity index (χ2n) is 5.98. The lowest BCUT2D eigenvalue weighted by atomic mass is 9.93. The zero-order chi connectivity index (χ0) is 14.5. The summed E-state index contributed by atoms with van der Waals surface area (Å²) < 4.78 is 0.607. The molecule has 1 aliphatic heterocycles. The van der Waals surface area contributed by atoms with Gasteiger partial charge in [0.15, 0.2) is 0 Å². The second-order valence-corrected chi connectivity index (χ2v) is 8.70. The standard InChI is InChI=1S/C20H16S2/c1-3-13-5-7-15-11-17(20-21-9-2-10-22-20)12-16-8-6-14(4-1)18(13)19(15)16/h1,3-8,11-12,20H,2,9-10H2. The van der Waals surface area contributed by atoms with Crippen LogP contribution in [-0.2, 0) is 0 Å². The third kappa shape index (κ3) is 1.94. The average Bonchev–Trinajstić information content (AvgIpc) is 2.60. The predicted molar refractivity (Wildman–Crippen MR) is 102 cm³/mol. The summed E-state index contributed by atoms with van der Waals surface area (Å²) in [5.74, 6) is 2.59. The highest BCUT2D eigenvalue weighted by Crippen LogP contribution is 2.46. The van der Waals surface area contributed by atoms with Gasteiger partial charge >= 0.3 is 0 Å². The molecule has 1 fully saturated rings. The lowest BCUT2D eigenvalue weighted by Gasteiger charge is -2.22. The first-order chi connectivity index (χ1) is 10.9. The van der Waals surface area contributed by atoms with E-state index < -0.39 is 0 Å². The van der Waals surface area contributed by atoms with Gasteiger partial charge in [-0.2, -0.15) is 0 Å². The monoisotopic (exact) mass is 320 g/mol. The fraction of sp³-hybridized carbons (Fsp3) is 0.200. The van der Waals surface area contributed by atoms with Crippen molar-refractivity contribution in [3.8, 4) is 0 Å². The van der Waals surface area contributed by atoms with Crippen LogP contribution in [0, 0.1) is 0 Å². The van der Waals surface area contributed by atoms with E-state index in [2.05, 4.69) is 78.1 Å². The van der Waals surface area contributed by atoms with Crippen LogP contribution < -0.4 is 0 Å². The fourth-order valence-electron chi connectivity index (χ4n) is 3.59. The number of rotatable bonds is 1. The largest absolute Gasteiger partial charge is 0.143 e. The number of hydrogen-bond acceptors (Lipinski definition) is 2. The van der Waals surface area contributed by atoms with Crippen LogP contribution in [0.1, 0.15) is 16.6 Å². The maximum atomic E-state index is 2.42. The van der Waals surface area contributed by atoms with E-state index in [4.69, 9.17) is 0 Å². The van der Waals surface area contributed by atoms with Crippen LogP contribution >= 0.6 is 23.5 Å². The van der Waals surface area contributed by atoms with Crippen molar-refractivity contribution >= 4 is 55.8 Å². The van der Waals surface area contributed by atoms with Crippen molar-refractivity contribution in [2.45, 2.75) is 11.0 Å². The minimum absolute atomic E-state index is 0.607. The Hall–Kier alpha value is -1.38. The Morgan fingerprint density at radius 1 is 0.682 bits per heavy atom. The summed E-state index contributed by atoms with van der Waals surface area (Å²) in [6.45, 7) is 0. The van der Waals surface area contributed by atoms with Crippen molar-refractivity contribution < 1.29 is 0 Å². The quantitative estimate of drug-likeness (QED) is 0.369. The molecule has 0 bridgehead atoms. The molecule has 0 saturated carbocycles. The van der Waals surface area contributed by atoms with Crippen LogP contribution in [0.15, 0.2) is 54.6 Å². The zero-order valence-electron chi connectivity index (χ0n) is 12.2. The van der Waals surface area contributed by atoms with Crippen molar-refractivity contribution in [2.75, 3.05) is 11.5 Å². The molecule has 0 aromatic heterocycles. The molecule has 0 radical (unpaired) electrons. The van der Waals surface area contributed by atoms with Crippen molar-refractivity contribution in [2.24, 2.45) is 0 Å². The second kappa shape index (κ2) is 5.07. The van der Waals surface area contributed by atoms with Crippen molar-refractivity contribution in [1.82, 2.24) is 0 Å². The number of hydrogen-bond donors (Lipinski definition) is 0.